The fourth-order valence-electron chi connectivity index (χ4n) is 5.62. The summed E-state index contributed by atoms with van der Waals surface area (Å²) in [5.74, 6) is 2.37. The molecule has 7 heteroatoms. The molecule has 0 radical (unpaired) electrons. The number of carbonyl (C=O) groups is 1. The van der Waals surface area contributed by atoms with Crippen molar-refractivity contribution >= 4 is 22.6 Å². The van der Waals surface area contributed by atoms with Crippen molar-refractivity contribution < 1.29 is 9.53 Å². The number of aromatic nitrogens is 2. The third kappa shape index (κ3) is 5.01. The van der Waals surface area contributed by atoms with Crippen LogP contribution < -0.4 is 9.64 Å². The molecular weight excluding hydrogens is 438 g/mol. The lowest BCUT2D eigenvalue weighted by Crippen LogP contribution is -2.52. The van der Waals surface area contributed by atoms with Gasteiger partial charge >= 0.3 is 0 Å². The summed E-state index contributed by atoms with van der Waals surface area (Å²) in [6, 6.07) is 16.9. The number of nitrogens with zero attached hydrogens (tertiary/aromatic N) is 5. The van der Waals surface area contributed by atoms with Gasteiger partial charge in [0.25, 0.3) is 0 Å². The quantitative estimate of drug-likeness (QED) is 0.535. The molecule has 7 nitrogen and oxygen atoms in total. The average Bonchev–Trinajstić information content (AvgIpc) is 3.26. The molecule has 0 unspecified atom stereocenters. The lowest BCUT2D eigenvalue weighted by molar-refractivity contribution is -0.137. The summed E-state index contributed by atoms with van der Waals surface area (Å²) in [6.07, 6.45) is 2.04. The normalized spacial score (nSPS) is 19.5. The standard InChI is InChI=1S/C28H37N5O2/c1-21(2)33-26-9-5-4-8-25(26)29-27(33)20-30-14-6-7-22(19-30)28(34)32-17-15-31(16-18-32)23-10-12-24(35-3)13-11-23/h4-5,8-13,21-22H,6-7,14-20H2,1-3H3/t22-/m1/s1. The first-order valence-electron chi connectivity index (χ1n) is 12.9. The van der Waals surface area contributed by atoms with Gasteiger partial charge in [0, 0.05) is 44.5 Å². The predicted octanol–water partition coefficient (Wildman–Crippen LogP) is 4.19. The van der Waals surface area contributed by atoms with Crippen LogP contribution in [0.25, 0.3) is 11.0 Å². The summed E-state index contributed by atoms with van der Waals surface area (Å²) < 4.78 is 7.62. The van der Waals surface area contributed by atoms with Crippen molar-refractivity contribution in [3.63, 3.8) is 0 Å². The van der Waals surface area contributed by atoms with Crippen molar-refractivity contribution in [3.05, 3.63) is 54.4 Å². The summed E-state index contributed by atoms with van der Waals surface area (Å²) in [6.45, 7) is 10.4. The van der Waals surface area contributed by atoms with Gasteiger partial charge in [-0.2, -0.15) is 0 Å². The summed E-state index contributed by atoms with van der Waals surface area (Å²) in [5, 5.41) is 0. The molecule has 0 saturated carbocycles. The fraction of sp³-hybridized carbons (Fsp3) is 0.500. The van der Waals surface area contributed by atoms with Gasteiger partial charge in [0.15, 0.2) is 0 Å². The van der Waals surface area contributed by atoms with Gasteiger partial charge in [-0.25, -0.2) is 4.98 Å². The second-order valence-corrected chi connectivity index (χ2v) is 10.1. The van der Waals surface area contributed by atoms with Crippen LogP contribution in [0.1, 0.15) is 38.6 Å². The van der Waals surface area contributed by atoms with Crippen LogP contribution in [0, 0.1) is 5.92 Å². The molecule has 0 N–H and O–H groups in total. The Bertz CT molecular complexity index is 1150. The third-order valence-corrected chi connectivity index (χ3v) is 7.43. The number of benzene rings is 2. The summed E-state index contributed by atoms with van der Waals surface area (Å²) in [7, 11) is 1.69. The Balaban J connectivity index is 1.20. The average molecular weight is 476 g/mol. The van der Waals surface area contributed by atoms with E-state index in [1.807, 2.05) is 18.2 Å². The van der Waals surface area contributed by atoms with E-state index in [1.54, 1.807) is 7.11 Å². The van der Waals surface area contributed by atoms with Crippen LogP contribution in [0.4, 0.5) is 5.69 Å². The molecule has 1 atom stereocenters. The van der Waals surface area contributed by atoms with Gasteiger partial charge in [0.1, 0.15) is 11.6 Å². The van der Waals surface area contributed by atoms with Gasteiger partial charge in [-0.1, -0.05) is 12.1 Å². The number of likely N-dealkylation sites (tertiary alicyclic amines) is 1. The fourth-order valence-corrected chi connectivity index (χ4v) is 5.62. The zero-order valence-electron chi connectivity index (χ0n) is 21.2. The molecule has 35 heavy (non-hydrogen) atoms. The van der Waals surface area contributed by atoms with Crippen LogP contribution in [-0.2, 0) is 11.3 Å². The van der Waals surface area contributed by atoms with Crippen LogP contribution >= 0.6 is 0 Å². The molecule has 1 amide bonds. The highest BCUT2D eigenvalue weighted by molar-refractivity contribution is 5.79. The lowest BCUT2D eigenvalue weighted by Gasteiger charge is -2.39. The SMILES string of the molecule is COc1ccc(N2CCN(C(=O)[C@@H]3CCCN(Cc4nc5ccccc5n4C(C)C)C3)CC2)cc1. The first-order valence-corrected chi connectivity index (χ1v) is 12.9. The summed E-state index contributed by atoms with van der Waals surface area (Å²) in [4.78, 5) is 25.3. The maximum Gasteiger partial charge on any atom is 0.227 e. The first kappa shape index (κ1) is 23.7. The van der Waals surface area contributed by atoms with E-state index in [2.05, 4.69) is 63.4 Å². The molecule has 186 valence electrons. The monoisotopic (exact) mass is 475 g/mol. The number of fused-ring (bicyclic) bond motifs is 1. The number of hydrogen-bond acceptors (Lipinski definition) is 5. The number of ether oxygens (including phenoxy) is 1. The van der Waals surface area contributed by atoms with E-state index in [-0.39, 0.29) is 5.92 Å². The Morgan fingerprint density at radius 1 is 1.03 bits per heavy atom. The maximum absolute atomic E-state index is 13.4. The number of methoxy groups -OCH3 is 1. The predicted molar refractivity (Wildman–Crippen MR) is 140 cm³/mol. The minimum Gasteiger partial charge on any atom is -0.497 e. The molecule has 2 aliphatic heterocycles. The van der Waals surface area contributed by atoms with Gasteiger partial charge in [-0.3, -0.25) is 9.69 Å². The largest absolute Gasteiger partial charge is 0.497 e. The molecule has 0 aliphatic carbocycles. The highest BCUT2D eigenvalue weighted by atomic mass is 16.5. The Kier molecular flexibility index (Phi) is 6.95. The summed E-state index contributed by atoms with van der Waals surface area (Å²) in [5.41, 5.74) is 3.43. The highest BCUT2D eigenvalue weighted by Crippen LogP contribution is 2.26. The molecular formula is C28H37N5O2. The molecule has 2 saturated heterocycles. The number of amides is 1. The van der Waals surface area contributed by atoms with Crippen LogP contribution in [-0.4, -0.2) is 71.6 Å². The zero-order valence-corrected chi connectivity index (χ0v) is 21.2. The van der Waals surface area contributed by atoms with Crippen molar-refractivity contribution in [2.75, 3.05) is 51.3 Å². The van der Waals surface area contributed by atoms with E-state index in [0.717, 1.165) is 75.7 Å². The molecule has 2 fully saturated rings. The Hall–Kier alpha value is -3.06. The molecule has 5 rings (SSSR count). The smallest absolute Gasteiger partial charge is 0.227 e. The van der Waals surface area contributed by atoms with E-state index in [4.69, 9.17) is 9.72 Å². The molecule has 3 aromatic rings. The topological polar surface area (TPSA) is 53.8 Å². The highest BCUT2D eigenvalue weighted by Gasteiger charge is 2.31. The van der Waals surface area contributed by atoms with Gasteiger partial charge in [0.2, 0.25) is 5.91 Å². The molecule has 0 spiro atoms. The lowest BCUT2D eigenvalue weighted by atomic mass is 9.96. The molecule has 1 aromatic heterocycles. The number of carbonyl (C=O) groups excluding carboxylic acids is 1. The molecule has 3 heterocycles. The number of rotatable bonds is 6. The van der Waals surface area contributed by atoms with Crippen LogP contribution in [0.5, 0.6) is 5.75 Å². The number of piperazine rings is 1. The number of piperidine rings is 1. The maximum atomic E-state index is 13.4. The number of hydrogen-bond donors (Lipinski definition) is 0. The van der Waals surface area contributed by atoms with Gasteiger partial charge in [0.05, 0.1) is 30.6 Å². The number of anilines is 1. The van der Waals surface area contributed by atoms with Crippen LogP contribution in [0.15, 0.2) is 48.5 Å². The van der Waals surface area contributed by atoms with Gasteiger partial charge < -0.3 is 19.1 Å². The number of imidazole rings is 1. The second-order valence-electron chi connectivity index (χ2n) is 10.1. The minimum atomic E-state index is 0.0770. The minimum absolute atomic E-state index is 0.0770. The van der Waals surface area contributed by atoms with Gasteiger partial charge in [-0.05, 0) is 69.6 Å². The van der Waals surface area contributed by atoms with Gasteiger partial charge in [-0.15, -0.1) is 0 Å². The number of para-hydroxylation sites is 2. The van der Waals surface area contributed by atoms with E-state index in [1.165, 1.54) is 11.2 Å². The second kappa shape index (κ2) is 10.3. The zero-order chi connectivity index (χ0) is 24.4. The first-order chi connectivity index (χ1) is 17.0. The van der Waals surface area contributed by atoms with E-state index in [9.17, 15) is 4.79 Å². The van der Waals surface area contributed by atoms with Crippen molar-refractivity contribution in [2.24, 2.45) is 5.92 Å². The van der Waals surface area contributed by atoms with Crippen LogP contribution in [0.2, 0.25) is 0 Å². The Morgan fingerprint density at radius 3 is 2.49 bits per heavy atom. The molecule has 2 aliphatic rings. The van der Waals surface area contributed by atoms with Crippen LogP contribution in [0.3, 0.4) is 0 Å². The van der Waals surface area contributed by atoms with E-state index < -0.39 is 0 Å². The molecule has 0 bridgehead atoms. The summed E-state index contributed by atoms with van der Waals surface area (Å²) >= 11 is 0. The van der Waals surface area contributed by atoms with Crippen molar-refractivity contribution in [3.8, 4) is 5.75 Å². The third-order valence-electron chi connectivity index (χ3n) is 7.43. The van der Waals surface area contributed by atoms with E-state index >= 15 is 0 Å². The van der Waals surface area contributed by atoms with E-state index in [0.29, 0.717) is 11.9 Å². The Morgan fingerprint density at radius 2 is 1.77 bits per heavy atom. The Labute approximate surface area is 208 Å². The van der Waals surface area contributed by atoms with Crippen molar-refractivity contribution in [1.29, 1.82) is 0 Å². The van der Waals surface area contributed by atoms with Crippen molar-refractivity contribution in [2.45, 2.75) is 39.3 Å². The van der Waals surface area contributed by atoms with Crippen molar-refractivity contribution in [1.82, 2.24) is 19.4 Å². The molecule has 2 aromatic carbocycles.